The molecule has 1 aromatic carbocycles. The second-order valence-electron chi connectivity index (χ2n) is 11.4. The van der Waals surface area contributed by atoms with E-state index >= 15 is 4.39 Å². The van der Waals surface area contributed by atoms with Gasteiger partial charge in [0, 0.05) is 45.5 Å². The number of hydrogen-bond acceptors (Lipinski definition) is 6. The van der Waals surface area contributed by atoms with Crippen molar-refractivity contribution in [2.75, 3.05) is 7.11 Å². The first-order valence-corrected chi connectivity index (χ1v) is 13.8. The van der Waals surface area contributed by atoms with Gasteiger partial charge in [-0.05, 0) is 62.7 Å². The van der Waals surface area contributed by atoms with Gasteiger partial charge in [0.2, 0.25) is 5.95 Å². The van der Waals surface area contributed by atoms with Crippen molar-refractivity contribution in [2.45, 2.75) is 70.8 Å². The van der Waals surface area contributed by atoms with E-state index in [1.54, 1.807) is 6.07 Å². The van der Waals surface area contributed by atoms with Crippen LogP contribution >= 0.6 is 0 Å². The number of carbonyl (C=O) groups is 1. The predicted molar refractivity (Wildman–Crippen MR) is 159 cm³/mol. The highest BCUT2D eigenvalue weighted by Crippen LogP contribution is 2.45. The van der Waals surface area contributed by atoms with Gasteiger partial charge in [0.05, 0.1) is 55.9 Å². The Kier molecular flexibility index (Phi) is 4.49. The summed E-state index contributed by atoms with van der Waals surface area (Å²) in [5.41, 5.74) is 1.23. The second-order valence-corrected chi connectivity index (χ2v) is 11.4. The van der Waals surface area contributed by atoms with Crippen LogP contribution in [-0.2, 0) is 35.2 Å². The molecule has 0 spiro atoms. The average molecular weight is 596 g/mol. The minimum Gasteiger partial charge on any atom is -0.453 e. The van der Waals surface area contributed by atoms with Gasteiger partial charge in [-0.1, -0.05) is 12.1 Å². The first-order chi connectivity index (χ1) is 23.7. The number of ether oxygens (including phenoxy) is 2. The Morgan fingerprint density at radius 3 is 3.02 bits per heavy atom. The molecule has 11 nitrogen and oxygen atoms in total. The molecule has 1 saturated carbocycles. The summed E-state index contributed by atoms with van der Waals surface area (Å²) < 4.78 is 93.4. The number of nitrogens with one attached hydrogen (secondary N) is 2. The molecule has 43 heavy (non-hydrogen) atoms. The molecule has 0 bridgehead atoms. The summed E-state index contributed by atoms with van der Waals surface area (Å²) in [6.45, 7) is -5.07. The molecule has 1 aliphatic heterocycles. The Balaban J connectivity index is 1.56. The molecule has 5 heterocycles. The third-order valence-electron chi connectivity index (χ3n) is 8.62. The highest BCUT2D eigenvalue weighted by Gasteiger charge is 2.34. The molecule has 5 aromatic rings. The van der Waals surface area contributed by atoms with Gasteiger partial charge in [0.15, 0.2) is 0 Å². The van der Waals surface area contributed by atoms with Crippen molar-refractivity contribution in [2.24, 2.45) is 6.98 Å². The minimum absolute atomic E-state index is 0.00999. The van der Waals surface area contributed by atoms with Crippen molar-refractivity contribution >= 4 is 28.2 Å². The zero-order chi connectivity index (χ0) is 37.0. The Bertz CT molecular complexity index is 2290. The number of aromatic amines is 1. The van der Waals surface area contributed by atoms with Gasteiger partial charge in [-0.25, -0.2) is 14.6 Å². The molecule has 7 rings (SSSR count). The zero-order valence-electron chi connectivity index (χ0n) is 31.6. The molecular weight excluding hydrogens is 553 g/mol. The summed E-state index contributed by atoms with van der Waals surface area (Å²) >= 11 is 0. The van der Waals surface area contributed by atoms with Crippen LogP contribution in [-0.4, -0.2) is 48.1 Å². The Hall–Kier alpha value is -4.45. The van der Waals surface area contributed by atoms with Gasteiger partial charge < -0.3 is 19.8 Å². The standard InChI is InChI=1S/C31H34FN7O4/c1-6-38-14-20(27(32)36-38)25-23(16-7-10-21-17(11-16)15-43-31(21,2)3)24-26-22(13-33-28(24)35-25)37(4)30(41)39(26)19-9-8-18(12-19)34-29(40)42-5/h7,10-11,13-14,18-19H,6,8-9,12,15H2,1-5H3,(H,33,35)(H,34,40)/t18-,19-/m1/s1/i1D3,4D3,6D2. The monoisotopic (exact) mass is 595 g/mol. The van der Waals surface area contributed by atoms with E-state index in [9.17, 15) is 9.59 Å². The van der Waals surface area contributed by atoms with Gasteiger partial charge in [-0.3, -0.25) is 13.8 Å². The van der Waals surface area contributed by atoms with Crippen LogP contribution in [0.4, 0.5) is 9.18 Å². The van der Waals surface area contributed by atoms with Crippen LogP contribution in [0, 0.1) is 5.95 Å². The van der Waals surface area contributed by atoms with Gasteiger partial charge in [-0.15, -0.1) is 5.10 Å². The number of rotatable bonds is 5. The highest BCUT2D eigenvalue weighted by molar-refractivity contribution is 6.14. The van der Waals surface area contributed by atoms with Gasteiger partial charge >= 0.3 is 11.8 Å². The summed E-state index contributed by atoms with van der Waals surface area (Å²) in [5.74, 6) is -1.18. The average Bonchev–Trinajstić information content (AvgIpc) is 3.84. The maximum atomic E-state index is 15.9. The summed E-state index contributed by atoms with van der Waals surface area (Å²) in [5, 5.41) is 6.64. The van der Waals surface area contributed by atoms with Crippen LogP contribution < -0.4 is 11.0 Å². The number of aromatic nitrogens is 6. The fourth-order valence-electron chi connectivity index (χ4n) is 6.59. The molecule has 2 N–H and O–H groups in total. The van der Waals surface area contributed by atoms with E-state index in [0.29, 0.717) is 33.2 Å². The number of nitrogens with zero attached hydrogens (tertiary/aromatic N) is 5. The molecule has 4 aromatic heterocycles. The van der Waals surface area contributed by atoms with Crippen LogP contribution in [0.2, 0.25) is 0 Å². The SMILES string of the molecule is [2H]C([2H])([2H])n1c(=O)n([C@@H]2CC[C@@H](NC(=O)OC)C2)c2c3c(-c4ccc5c(c4)COC5(C)C)c(-c4cn(C([2H])([2H])C([2H])([2H])[2H])nc4F)[nH]c3ncc21. The normalized spacial score (nSPS) is 23.1. The number of H-pyrrole nitrogens is 1. The van der Waals surface area contributed by atoms with Gasteiger partial charge in [-0.2, -0.15) is 4.39 Å². The fraction of sp³-hybridized carbons (Fsp3) is 0.419. The van der Waals surface area contributed by atoms with Crippen LogP contribution in [0.5, 0.6) is 0 Å². The quantitative estimate of drug-likeness (QED) is 0.291. The number of pyridine rings is 1. The molecule has 2 aliphatic rings. The third kappa shape index (κ3) is 4.18. The van der Waals surface area contributed by atoms with E-state index in [-0.39, 0.29) is 52.4 Å². The lowest BCUT2D eigenvalue weighted by molar-refractivity contribution is -0.00789. The fourth-order valence-corrected chi connectivity index (χ4v) is 6.59. The van der Waals surface area contributed by atoms with Crippen LogP contribution in [0.15, 0.2) is 35.4 Å². The Morgan fingerprint density at radius 1 is 1.37 bits per heavy atom. The number of hydrogen-bond donors (Lipinski definition) is 2. The Labute approximate surface area is 257 Å². The number of benzene rings is 1. The molecule has 1 aliphatic carbocycles. The lowest BCUT2D eigenvalue weighted by Gasteiger charge is -2.18. The topological polar surface area (TPSA) is 121 Å². The molecule has 1 amide bonds. The van der Waals surface area contributed by atoms with Crippen molar-refractivity contribution in [1.82, 2.24) is 34.2 Å². The minimum atomic E-state index is -3.19. The molecule has 0 saturated heterocycles. The van der Waals surface area contributed by atoms with E-state index in [1.165, 1.54) is 17.9 Å². The molecule has 0 unspecified atom stereocenters. The van der Waals surface area contributed by atoms with E-state index < -0.39 is 49.7 Å². The smallest absolute Gasteiger partial charge is 0.407 e. The molecule has 2 atom stereocenters. The number of fused-ring (bicyclic) bond motifs is 4. The first kappa shape index (κ1) is 19.7. The second kappa shape index (κ2) is 9.80. The van der Waals surface area contributed by atoms with Gasteiger partial charge in [0.1, 0.15) is 5.65 Å². The number of alkyl carbamates (subject to hydrolysis) is 1. The van der Waals surface area contributed by atoms with E-state index in [1.807, 2.05) is 26.0 Å². The van der Waals surface area contributed by atoms with E-state index in [2.05, 4.69) is 20.4 Å². The maximum Gasteiger partial charge on any atom is 0.407 e. The maximum absolute atomic E-state index is 15.9. The number of aryl methyl sites for hydroxylation is 2. The molecule has 1 fully saturated rings. The van der Waals surface area contributed by atoms with E-state index in [4.69, 9.17) is 20.4 Å². The molecule has 224 valence electrons. The number of methoxy groups -OCH3 is 1. The summed E-state index contributed by atoms with van der Waals surface area (Å²) in [6.07, 6.45) is 2.72. The summed E-state index contributed by atoms with van der Waals surface area (Å²) in [7, 11) is 1.24. The Morgan fingerprint density at radius 2 is 2.23 bits per heavy atom. The lowest BCUT2D eigenvalue weighted by Crippen LogP contribution is -2.33. The summed E-state index contributed by atoms with van der Waals surface area (Å²) in [4.78, 5) is 33.8. The third-order valence-corrected chi connectivity index (χ3v) is 8.62. The zero-order valence-corrected chi connectivity index (χ0v) is 23.6. The number of imidazole rings is 1. The molecule has 0 radical (unpaired) electrons. The number of halogens is 1. The van der Waals surface area contributed by atoms with Crippen molar-refractivity contribution in [3.05, 3.63) is 58.2 Å². The van der Waals surface area contributed by atoms with Crippen molar-refractivity contribution in [3.63, 3.8) is 0 Å². The first-order valence-electron chi connectivity index (χ1n) is 17.8. The summed E-state index contributed by atoms with van der Waals surface area (Å²) in [6, 6.07) is 4.55. The number of carbonyl (C=O) groups excluding carboxylic acids is 1. The lowest BCUT2D eigenvalue weighted by atomic mass is 9.91. The predicted octanol–water partition coefficient (Wildman–Crippen LogP) is 5.12. The molecular formula is C31H34FN7O4. The highest BCUT2D eigenvalue weighted by atomic mass is 19.1. The van der Waals surface area contributed by atoms with Crippen molar-refractivity contribution in [1.29, 1.82) is 0 Å². The number of amides is 1. The van der Waals surface area contributed by atoms with Gasteiger partial charge in [0.25, 0.3) is 0 Å². The largest absolute Gasteiger partial charge is 0.453 e. The van der Waals surface area contributed by atoms with Crippen LogP contribution in [0.25, 0.3) is 44.5 Å². The molecule has 12 heteroatoms. The van der Waals surface area contributed by atoms with Crippen molar-refractivity contribution < 1.29 is 29.6 Å². The van der Waals surface area contributed by atoms with E-state index in [0.717, 1.165) is 17.3 Å². The van der Waals surface area contributed by atoms with Crippen LogP contribution in [0.1, 0.15) is 68.1 Å². The van der Waals surface area contributed by atoms with Crippen LogP contribution in [0.3, 0.4) is 0 Å². The van der Waals surface area contributed by atoms with Crippen molar-refractivity contribution in [3.8, 4) is 22.4 Å².